The molecule has 16 heavy (non-hydrogen) atoms. The second-order valence-electron chi connectivity index (χ2n) is 3.96. The fraction of sp³-hybridized carbons (Fsp3) is 0.417. The molecule has 1 aromatic rings. The van der Waals surface area contributed by atoms with Gasteiger partial charge < -0.3 is 0 Å². The molecule has 0 amide bonds. The summed E-state index contributed by atoms with van der Waals surface area (Å²) in [6, 6.07) is 5.89. The fourth-order valence-corrected chi connectivity index (χ4v) is 3.15. The van der Waals surface area contributed by atoms with E-state index in [0.717, 1.165) is 14.2 Å². The van der Waals surface area contributed by atoms with E-state index in [0.29, 0.717) is 6.42 Å². The topological polar surface area (TPSA) is 17.1 Å². The van der Waals surface area contributed by atoms with Crippen molar-refractivity contribution in [3.05, 3.63) is 32.4 Å². The Kier molecular flexibility index (Phi) is 5.74. The Morgan fingerprint density at radius 3 is 2.62 bits per heavy atom. The molecule has 0 aromatic heterocycles. The molecule has 1 nitrogen and oxygen atoms in total. The van der Waals surface area contributed by atoms with Crippen molar-refractivity contribution in [2.75, 3.05) is 0 Å². The molecule has 0 aliphatic heterocycles. The van der Waals surface area contributed by atoms with E-state index in [1.807, 2.05) is 32.0 Å². The third-order valence-corrected chi connectivity index (χ3v) is 4.09. The molecule has 88 valence electrons. The van der Waals surface area contributed by atoms with Crippen LogP contribution in [0.1, 0.15) is 19.4 Å². The molecule has 0 heterocycles. The number of carbonyl (C=O) groups excluding carboxylic acids is 1. The zero-order chi connectivity index (χ0) is 12.3. The second kappa shape index (κ2) is 6.36. The maximum Gasteiger partial charge on any atom is 0.149 e. The van der Waals surface area contributed by atoms with Crippen molar-refractivity contribution in [3.8, 4) is 0 Å². The first-order valence-electron chi connectivity index (χ1n) is 5.03. The summed E-state index contributed by atoms with van der Waals surface area (Å²) in [6.07, 6.45) is 0.646. The average Bonchev–Trinajstić information content (AvgIpc) is 2.20. The lowest BCUT2D eigenvalue weighted by molar-refractivity contribution is -0.121. The van der Waals surface area contributed by atoms with Gasteiger partial charge in [-0.15, -0.1) is 0 Å². The number of Topliss-reactive ketones (excluding diaryl/α,β-unsaturated/α-hetero) is 1. The fourth-order valence-electron chi connectivity index (χ4n) is 1.34. The van der Waals surface area contributed by atoms with Crippen LogP contribution in [0, 0.1) is 9.49 Å². The Morgan fingerprint density at radius 1 is 1.50 bits per heavy atom. The van der Waals surface area contributed by atoms with Gasteiger partial charge in [0.1, 0.15) is 5.78 Å². The largest absolute Gasteiger partial charge is 0.298 e. The van der Waals surface area contributed by atoms with Gasteiger partial charge in [0, 0.05) is 14.5 Å². The van der Waals surface area contributed by atoms with E-state index >= 15 is 0 Å². The third-order valence-electron chi connectivity index (χ3n) is 2.29. The van der Waals surface area contributed by atoms with E-state index in [4.69, 9.17) is 11.6 Å². The summed E-state index contributed by atoms with van der Waals surface area (Å²) in [5.41, 5.74) is 1.01. The first kappa shape index (κ1) is 14.5. The molecule has 4 heteroatoms. The summed E-state index contributed by atoms with van der Waals surface area (Å²) in [5.74, 6) is 0.265. The average molecular weight is 415 g/mol. The summed E-state index contributed by atoms with van der Waals surface area (Å²) in [5, 5.41) is 0.730. The number of ketones is 1. The second-order valence-corrected chi connectivity index (χ2v) is 6.72. The number of carbonyl (C=O) groups is 1. The highest BCUT2D eigenvalue weighted by molar-refractivity contribution is 14.1. The number of alkyl halides is 1. The standard InChI is InChI=1S/C12H13BrClIO/c1-7(2)12(16)10(13)5-8-3-4-9(15)6-11(8)14/h3-4,6-7,10H,5H2,1-2H3. The van der Waals surface area contributed by atoms with Gasteiger partial charge in [0.2, 0.25) is 0 Å². The van der Waals surface area contributed by atoms with Crippen molar-refractivity contribution >= 4 is 55.9 Å². The van der Waals surface area contributed by atoms with Crippen LogP contribution >= 0.6 is 50.1 Å². The highest BCUT2D eigenvalue weighted by Crippen LogP contribution is 2.23. The smallest absolute Gasteiger partial charge is 0.149 e. The van der Waals surface area contributed by atoms with Gasteiger partial charge in [-0.25, -0.2) is 0 Å². The molecule has 0 saturated carbocycles. The van der Waals surface area contributed by atoms with Crippen LogP contribution in [0.4, 0.5) is 0 Å². The van der Waals surface area contributed by atoms with Crippen LogP contribution in [0.2, 0.25) is 5.02 Å². The molecular weight excluding hydrogens is 402 g/mol. The Balaban J connectivity index is 2.77. The molecule has 0 spiro atoms. The lowest BCUT2D eigenvalue weighted by Gasteiger charge is -2.12. The normalized spacial score (nSPS) is 12.9. The minimum absolute atomic E-state index is 0.0481. The van der Waals surface area contributed by atoms with Crippen molar-refractivity contribution in [1.29, 1.82) is 0 Å². The molecule has 0 aliphatic carbocycles. The van der Waals surface area contributed by atoms with Crippen LogP contribution < -0.4 is 0 Å². The zero-order valence-electron chi connectivity index (χ0n) is 9.14. The van der Waals surface area contributed by atoms with Gasteiger partial charge in [-0.1, -0.05) is 47.4 Å². The monoisotopic (exact) mass is 414 g/mol. The summed E-state index contributed by atoms with van der Waals surface area (Å²) in [6.45, 7) is 3.82. The SMILES string of the molecule is CC(C)C(=O)C(Br)Cc1ccc(I)cc1Cl. The number of hydrogen-bond donors (Lipinski definition) is 0. The quantitative estimate of drug-likeness (QED) is 0.524. The minimum Gasteiger partial charge on any atom is -0.298 e. The van der Waals surface area contributed by atoms with Crippen molar-refractivity contribution in [3.63, 3.8) is 0 Å². The lowest BCUT2D eigenvalue weighted by Crippen LogP contribution is -2.21. The van der Waals surface area contributed by atoms with E-state index in [-0.39, 0.29) is 16.5 Å². The maximum atomic E-state index is 11.7. The van der Waals surface area contributed by atoms with Gasteiger partial charge in [0.05, 0.1) is 4.83 Å². The van der Waals surface area contributed by atoms with Crippen molar-refractivity contribution < 1.29 is 4.79 Å². The van der Waals surface area contributed by atoms with Gasteiger partial charge in [-0.2, -0.15) is 0 Å². The Labute approximate surface area is 123 Å². The number of rotatable bonds is 4. The first-order chi connectivity index (χ1) is 7.41. The molecule has 0 saturated heterocycles. The van der Waals surface area contributed by atoms with Crippen LogP contribution in [-0.4, -0.2) is 10.6 Å². The summed E-state index contributed by atoms with van der Waals surface area (Å²) >= 11 is 11.8. The first-order valence-corrected chi connectivity index (χ1v) is 7.40. The molecule has 1 aromatic carbocycles. The molecule has 1 unspecified atom stereocenters. The highest BCUT2D eigenvalue weighted by atomic mass is 127. The predicted octanol–water partition coefficient (Wildman–Crippen LogP) is 4.48. The summed E-state index contributed by atoms with van der Waals surface area (Å²) in [4.78, 5) is 11.6. The van der Waals surface area contributed by atoms with Gasteiger partial charge >= 0.3 is 0 Å². The van der Waals surface area contributed by atoms with E-state index in [9.17, 15) is 4.79 Å². The maximum absolute atomic E-state index is 11.7. The molecule has 0 radical (unpaired) electrons. The van der Waals surface area contributed by atoms with Gasteiger partial charge in [-0.05, 0) is 46.7 Å². The van der Waals surface area contributed by atoms with E-state index < -0.39 is 0 Å². The van der Waals surface area contributed by atoms with Gasteiger partial charge in [0.25, 0.3) is 0 Å². The van der Waals surface area contributed by atoms with E-state index in [1.165, 1.54) is 0 Å². The molecule has 1 atom stereocenters. The highest BCUT2D eigenvalue weighted by Gasteiger charge is 2.19. The Hall–Kier alpha value is 0.390. The third kappa shape index (κ3) is 4.00. The molecule has 0 fully saturated rings. The number of benzene rings is 1. The van der Waals surface area contributed by atoms with Gasteiger partial charge in [0.15, 0.2) is 0 Å². The van der Waals surface area contributed by atoms with Gasteiger partial charge in [-0.3, -0.25) is 4.79 Å². The van der Waals surface area contributed by atoms with Crippen LogP contribution in [0.15, 0.2) is 18.2 Å². The lowest BCUT2D eigenvalue weighted by atomic mass is 10.0. The van der Waals surface area contributed by atoms with Crippen molar-refractivity contribution in [2.45, 2.75) is 25.1 Å². The van der Waals surface area contributed by atoms with Crippen LogP contribution in [0.25, 0.3) is 0 Å². The summed E-state index contributed by atoms with van der Waals surface area (Å²) < 4.78 is 1.10. The number of halogens is 3. The van der Waals surface area contributed by atoms with Crippen LogP contribution in [0.3, 0.4) is 0 Å². The predicted molar refractivity (Wildman–Crippen MR) is 80.4 cm³/mol. The molecule has 1 rings (SSSR count). The molecule has 0 N–H and O–H groups in total. The number of hydrogen-bond acceptors (Lipinski definition) is 1. The molecule has 0 aliphatic rings. The van der Waals surface area contributed by atoms with Crippen LogP contribution in [-0.2, 0) is 11.2 Å². The van der Waals surface area contributed by atoms with E-state index in [2.05, 4.69) is 38.5 Å². The summed E-state index contributed by atoms with van der Waals surface area (Å²) in [7, 11) is 0. The van der Waals surface area contributed by atoms with Crippen LogP contribution in [0.5, 0.6) is 0 Å². The van der Waals surface area contributed by atoms with Crippen molar-refractivity contribution in [2.24, 2.45) is 5.92 Å². The Bertz CT molecular complexity index is 393. The van der Waals surface area contributed by atoms with Crippen molar-refractivity contribution in [1.82, 2.24) is 0 Å². The molecule has 0 bridgehead atoms. The Morgan fingerprint density at radius 2 is 2.12 bits per heavy atom. The zero-order valence-corrected chi connectivity index (χ0v) is 13.6. The van der Waals surface area contributed by atoms with E-state index in [1.54, 1.807) is 0 Å². The molecular formula is C12H13BrClIO. The minimum atomic E-state index is -0.148.